The predicted octanol–water partition coefficient (Wildman–Crippen LogP) is 2.24. The Morgan fingerprint density at radius 3 is 2.44 bits per heavy atom. The van der Waals surface area contributed by atoms with Crippen LogP contribution in [0.5, 0.6) is 0 Å². The lowest BCUT2D eigenvalue weighted by atomic mass is 10.1. The largest absolute Gasteiger partial charge is 0.370 e. The van der Waals surface area contributed by atoms with Crippen molar-refractivity contribution in [3.63, 3.8) is 0 Å². The van der Waals surface area contributed by atoms with E-state index < -0.39 is 0 Å². The van der Waals surface area contributed by atoms with Gasteiger partial charge in [-0.05, 0) is 13.8 Å². The molecule has 0 saturated carbocycles. The molecule has 2 rings (SSSR count). The molecule has 0 spiro atoms. The molecule has 0 saturated heterocycles. The molecule has 94 valence electrons. The number of aryl methyl sites for hydroxylation is 1. The van der Waals surface area contributed by atoms with Gasteiger partial charge in [-0.3, -0.25) is 0 Å². The van der Waals surface area contributed by atoms with E-state index in [4.69, 9.17) is 0 Å². The fourth-order valence-electron chi connectivity index (χ4n) is 1.76. The molecule has 0 radical (unpaired) electrons. The summed E-state index contributed by atoms with van der Waals surface area (Å²) in [6, 6.07) is 0. The van der Waals surface area contributed by atoms with Crippen molar-refractivity contribution < 1.29 is 0 Å². The zero-order chi connectivity index (χ0) is 13.0. The number of nitrogens with one attached hydrogen (secondary N) is 1. The minimum absolute atomic E-state index is 0.805. The van der Waals surface area contributed by atoms with Crippen molar-refractivity contribution in [2.45, 2.75) is 27.2 Å². The Labute approximate surface area is 107 Å². The van der Waals surface area contributed by atoms with Gasteiger partial charge in [0.2, 0.25) is 0 Å². The Balaban J connectivity index is 2.55. The van der Waals surface area contributed by atoms with E-state index in [9.17, 15) is 0 Å². The second kappa shape index (κ2) is 5.53. The highest BCUT2D eigenvalue weighted by molar-refractivity contribution is 5.66. The summed E-state index contributed by atoms with van der Waals surface area (Å²) in [5.41, 5.74) is 2.86. The molecule has 0 aliphatic carbocycles. The number of aromatic nitrogens is 4. The molecule has 0 aliphatic rings. The average molecular weight is 243 g/mol. The normalized spacial score (nSPS) is 10.4. The summed E-state index contributed by atoms with van der Waals surface area (Å²) in [7, 11) is 0. The van der Waals surface area contributed by atoms with Crippen molar-refractivity contribution in [2.24, 2.45) is 0 Å². The molecule has 0 bridgehead atoms. The summed E-state index contributed by atoms with van der Waals surface area (Å²) < 4.78 is 0. The van der Waals surface area contributed by atoms with Crippen LogP contribution in [0.15, 0.2) is 18.7 Å². The van der Waals surface area contributed by atoms with E-state index in [0.29, 0.717) is 0 Å². The first-order valence-corrected chi connectivity index (χ1v) is 6.13. The minimum atomic E-state index is 0.805. The van der Waals surface area contributed by atoms with E-state index in [1.54, 1.807) is 12.4 Å². The molecular formula is C13H17N5. The van der Waals surface area contributed by atoms with E-state index in [2.05, 4.69) is 32.2 Å². The van der Waals surface area contributed by atoms with Gasteiger partial charge < -0.3 is 5.32 Å². The summed E-state index contributed by atoms with van der Waals surface area (Å²) in [6.45, 7) is 6.95. The van der Waals surface area contributed by atoms with Crippen LogP contribution in [0, 0.1) is 6.92 Å². The third-order valence-corrected chi connectivity index (χ3v) is 2.69. The summed E-state index contributed by atoms with van der Waals surface area (Å²) in [6.07, 6.45) is 5.88. The van der Waals surface area contributed by atoms with Crippen LogP contribution in [0.25, 0.3) is 11.3 Å². The molecule has 0 fully saturated rings. The molecule has 18 heavy (non-hydrogen) atoms. The highest BCUT2D eigenvalue weighted by Crippen LogP contribution is 2.24. The molecule has 1 N–H and O–H groups in total. The standard InChI is InChI=1S/C13H17N5/c1-4-11-17-12(10-6-14-8-15-7-10)9(3)13(18-11)16-5-2/h6-8H,4-5H2,1-3H3,(H,16,17,18). The van der Waals surface area contributed by atoms with Gasteiger partial charge in [-0.15, -0.1) is 0 Å². The Bertz CT molecular complexity index is 524. The van der Waals surface area contributed by atoms with Gasteiger partial charge in [0.05, 0.1) is 5.69 Å². The summed E-state index contributed by atoms with van der Waals surface area (Å²) in [4.78, 5) is 17.2. The van der Waals surface area contributed by atoms with E-state index in [1.807, 2.05) is 13.8 Å². The number of nitrogens with zero attached hydrogens (tertiary/aromatic N) is 4. The van der Waals surface area contributed by atoms with E-state index in [-0.39, 0.29) is 0 Å². The summed E-state index contributed by atoms with van der Waals surface area (Å²) in [5.74, 6) is 1.72. The molecule has 0 aliphatic heterocycles. The van der Waals surface area contributed by atoms with Crippen molar-refractivity contribution >= 4 is 5.82 Å². The van der Waals surface area contributed by atoms with Gasteiger partial charge >= 0.3 is 0 Å². The van der Waals surface area contributed by atoms with Crippen LogP contribution in [0.1, 0.15) is 25.2 Å². The van der Waals surface area contributed by atoms with Crippen LogP contribution >= 0.6 is 0 Å². The maximum absolute atomic E-state index is 4.57. The molecule has 2 aromatic heterocycles. The van der Waals surface area contributed by atoms with Crippen LogP contribution in [0.2, 0.25) is 0 Å². The molecule has 0 atom stereocenters. The molecule has 2 aromatic rings. The number of hydrogen-bond donors (Lipinski definition) is 1. The topological polar surface area (TPSA) is 63.6 Å². The van der Waals surface area contributed by atoms with Crippen LogP contribution in [0.3, 0.4) is 0 Å². The third kappa shape index (κ3) is 2.45. The lowest BCUT2D eigenvalue weighted by molar-refractivity contribution is 0.928. The van der Waals surface area contributed by atoms with Gasteiger partial charge in [0, 0.05) is 36.5 Å². The fraction of sp³-hybridized carbons (Fsp3) is 0.385. The van der Waals surface area contributed by atoms with Gasteiger partial charge in [0.25, 0.3) is 0 Å². The lowest BCUT2D eigenvalue weighted by Gasteiger charge is -2.12. The monoisotopic (exact) mass is 243 g/mol. The maximum atomic E-state index is 4.57. The Morgan fingerprint density at radius 1 is 1.11 bits per heavy atom. The maximum Gasteiger partial charge on any atom is 0.133 e. The van der Waals surface area contributed by atoms with Gasteiger partial charge in [0.1, 0.15) is 18.0 Å². The van der Waals surface area contributed by atoms with Crippen molar-refractivity contribution in [1.29, 1.82) is 0 Å². The van der Waals surface area contributed by atoms with Crippen LogP contribution < -0.4 is 5.32 Å². The average Bonchev–Trinajstić information content (AvgIpc) is 2.42. The first kappa shape index (κ1) is 12.4. The third-order valence-electron chi connectivity index (χ3n) is 2.69. The summed E-state index contributed by atoms with van der Waals surface area (Å²) >= 11 is 0. The Morgan fingerprint density at radius 2 is 1.83 bits per heavy atom. The fourth-order valence-corrected chi connectivity index (χ4v) is 1.76. The highest BCUT2D eigenvalue weighted by Gasteiger charge is 2.11. The van der Waals surface area contributed by atoms with Crippen molar-refractivity contribution in [1.82, 2.24) is 19.9 Å². The molecular weight excluding hydrogens is 226 g/mol. The molecule has 0 amide bonds. The van der Waals surface area contributed by atoms with Crippen molar-refractivity contribution in [3.05, 3.63) is 30.1 Å². The van der Waals surface area contributed by atoms with E-state index in [1.165, 1.54) is 6.33 Å². The molecule has 0 aromatic carbocycles. The van der Waals surface area contributed by atoms with Gasteiger partial charge in [-0.25, -0.2) is 19.9 Å². The quantitative estimate of drug-likeness (QED) is 0.892. The summed E-state index contributed by atoms with van der Waals surface area (Å²) in [5, 5.41) is 3.27. The predicted molar refractivity (Wildman–Crippen MR) is 71.3 cm³/mol. The van der Waals surface area contributed by atoms with Crippen LogP contribution in [-0.2, 0) is 6.42 Å². The molecule has 0 unspecified atom stereocenters. The van der Waals surface area contributed by atoms with Gasteiger partial charge in [0.15, 0.2) is 0 Å². The van der Waals surface area contributed by atoms with E-state index >= 15 is 0 Å². The molecule has 5 nitrogen and oxygen atoms in total. The lowest BCUT2D eigenvalue weighted by Crippen LogP contribution is -2.07. The number of rotatable bonds is 4. The van der Waals surface area contributed by atoms with Crippen molar-refractivity contribution in [3.8, 4) is 11.3 Å². The molecule has 5 heteroatoms. The smallest absolute Gasteiger partial charge is 0.133 e. The highest BCUT2D eigenvalue weighted by atomic mass is 15.0. The van der Waals surface area contributed by atoms with Crippen LogP contribution in [-0.4, -0.2) is 26.5 Å². The Kier molecular flexibility index (Phi) is 3.82. The van der Waals surface area contributed by atoms with Crippen molar-refractivity contribution in [2.75, 3.05) is 11.9 Å². The Hall–Kier alpha value is -2.04. The number of anilines is 1. The first-order valence-electron chi connectivity index (χ1n) is 6.13. The van der Waals surface area contributed by atoms with Gasteiger partial charge in [-0.1, -0.05) is 6.92 Å². The minimum Gasteiger partial charge on any atom is -0.370 e. The van der Waals surface area contributed by atoms with Crippen LogP contribution in [0.4, 0.5) is 5.82 Å². The van der Waals surface area contributed by atoms with Gasteiger partial charge in [-0.2, -0.15) is 0 Å². The zero-order valence-electron chi connectivity index (χ0n) is 10.9. The second-order valence-electron chi connectivity index (χ2n) is 3.97. The zero-order valence-corrected chi connectivity index (χ0v) is 10.9. The number of hydrogen-bond acceptors (Lipinski definition) is 5. The second-order valence-corrected chi connectivity index (χ2v) is 3.97. The first-order chi connectivity index (χ1) is 8.76. The SMILES string of the molecule is CCNc1nc(CC)nc(-c2cncnc2)c1C. The molecule has 2 heterocycles. The van der Waals surface area contributed by atoms with E-state index in [0.717, 1.165) is 41.4 Å².